The molecule has 0 N–H and O–H groups in total. The first-order chi connectivity index (χ1) is 14.9. The van der Waals surface area contributed by atoms with E-state index in [4.69, 9.17) is 4.52 Å². The van der Waals surface area contributed by atoms with Gasteiger partial charge in [0, 0.05) is 24.0 Å². The molecule has 3 heterocycles. The molecule has 1 aliphatic heterocycles. The summed E-state index contributed by atoms with van der Waals surface area (Å²) in [4.78, 5) is 23.0. The van der Waals surface area contributed by atoms with Crippen molar-refractivity contribution in [1.29, 1.82) is 0 Å². The molecule has 0 bridgehead atoms. The Labute approximate surface area is 174 Å². The number of carbonyl (C=O) groups excluding carboxylic acids is 1. The van der Waals surface area contributed by atoms with Gasteiger partial charge in [-0.05, 0) is 24.3 Å². The maximum atomic E-state index is 12.9. The lowest BCUT2D eigenvalue weighted by atomic mass is 9.99. The molecule has 6 nitrogen and oxygen atoms in total. The number of para-hydroxylation sites is 1. The van der Waals surface area contributed by atoms with Gasteiger partial charge < -0.3 is 9.42 Å². The number of likely N-dealkylation sites (tertiary alicyclic amines) is 1. The molecule has 0 saturated carbocycles. The molecule has 4 aromatic rings. The number of alkyl halides is 3. The van der Waals surface area contributed by atoms with Crippen molar-refractivity contribution in [3.63, 3.8) is 0 Å². The van der Waals surface area contributed by atoms with Gasteiger partial charge in [-0.1, -0.05) is 41.6 Å². The third-order valence-electron chi connectivity index (χ3n) is 5.23. The summed E-state index contributed by atoms with van der Waals surface area (Å²) >= 11 is 0. The number of amides is 1. The fourth-order valence-electron chi connectivity index (χ4n) is 3.50. The first kappa shape index (κ1) is 19.2. The van der Waals surface area contributed by atoms with Crippen LogP contribution in [0.5, 0.6) is 0 Å². The van der Waals surface area contributed by atoms with E-state index in [0.29, 0.717) is 24.7 Å². The molecule has 9 heteroatoms. The van der Waals surface area contributed by atoms with Gasteiger partial charge in [0.05, 0.1) is 17.0 Å². The minimum absolute atomic E-state index is 0.0853. The molecule has 31 heavy (non-hydrogen) atoms. The number of carbonyl (C=O) groups is 1. The number of nitrogens with zero attached hydrogens (tertiary/aromatic N) is 4. The van der Waals surface area contributed by atoms with Crippen molar-refractivity contribution in [2.75, 3.05) is 13.1 Å². The Balaban J connectivity index is 1.28. The molecule has 156 valence electrons. The van der Waals surface area contributed by atoms with Gasteiger partial charge >= 0.3 is 6.18 Å². The minimum atomic E-state index is -4.45. The molecule has 1 fully saturated rings. The highest BCUT2D eigenvalue weighted by atomic mass is 19.4. The van der Waals surface area contributed by atoms with E-state index in [-0.39, 0.29) is 23.2 Å². The van der Waals surface area contributed by atoms with Gasteiger partial charge in [0.25, 0.3) is 5.91 Å². The summed E-state index contributed by atoms with van der Waals surface area (Å²) in [6.07, 6.45) is -4.45. The highest BCUT2D eigenvalue weighted by Gasteiger charge is 2.37. The number of hydrogen-bond acceptors (Lipinski definition) is 5. The summed E-state index contributed by atoms with van der Waals surface area (Å²) in [5.41, 5.74) is 0.539. The van der Waals surface area contributed by atoms with Crippen LogP contribution in [0.4, 0.5) is 13.2 Å². The number of benzene rings is 2. The van der Waals surface area contributed by atoms with Crippen molar-refractivity contribution in [2.45, 2.75) is 12.1 Å². The highest BCUT2D eigenvalue weighted by molar-refractivity contribution is 5.95. The van der Waals surface area contributed by atoms with Crippen LogP contribution in [-0.2, 0) is 6.18 Å². The van der Waals surface area contributed by atoms with E-state index in [9.17, 15) is 18.0 Å². The Morgan fingerprint density at radius 2 is 1.81 bits per heavy atom. The second-order valence-electron chi connectivity index (χ2n) is 7.33. The lowest BCUT2D eigenvalue weighted by Gasteiger charge is -2.36. The Kier molecular flexibility index (Phi) is 4.46. The van der Waals surface area contributed by atoms with Crippen LogP contribution in [-0.4, -0.2) is 39.0 Å². The van der Waals surface area contributed by atoms with Crippen LogP contribution >= 0.6 is 0 Å². The standard InChI is InChI=1S/C22H15F3N4O2/c23-22(24,25)16-6-3-5-14(10-16)19-27-20(31-28-19)15-11-29(12-15)21(30)18-9-8-13-4-1-2-7-17(13)26-18/h1-10,15H,11-12H2. The Bertz CT molecular complexity index is 1280. The van der Waals surface area contributed by atoms with E-state index in [1.54, 1.807) is 11.0 Å². The Morgan fingerprint density at radius 3 is 2.61 bits per heavy atom. The average molecular weight is 424 g/mol. The molecular formula is C22H15F3N4O2. The molecule has 2 aromatic heterocycles. The van der Waals surface area contributed by atoms with Crippen molar-refractivity contribution in [3.8, 4) is 11.4 Å². The second-order valence-corrected chi connectivity index (χ2v) is 7.33. The topological polar surface area (TPSA) is 72.1 Å². The van der Waals surface area contributed by atoms with Gasteiger partial charge in [0.1, 0.15) is 5.69 Å². The van der Waals surface area contributed by atoms with E-state index in [1.165, 1.54) is 12.1 Å². The van der Waals surface area contributed by atoms with Gasteiger partial charge in [-0.2, -0.15) is 18.2 Å². The van der Waals surface area contributed by atoms with Crippen molar-refractivity contribution in [3.05, 3.63) is 77.8 Å². The largest absolute Gasteiger partial charge is 0.416 e. The van der Waals surface area contributed by atoms with Gasteiger partial charge in [0.2, 0.25) is 11.7 Å². The second kappa shape index (κ2) is 7.19. The minimum Gasteiger partial charge on any atom is -0.339 e. The number of rotatable bonds is 3. The van der Waals surface area contributed by atoms with Crippen LogP contribution in [0.1, 0.15) is 27.9 Å². The van der Waals surface area contributed by atoms with Crippen LogP contribution in [0.15, 0.2) is 65.2 Å². The molecule has 1 aliphatic rings. The van der Waals surface area contributed by atoms with E-state index in [1.807, 2.05) is 30.3 Å². The molecule has 5 rings (SSSR count). The fraction of sp³-hybridized carbons (Fsp3) is 0.182. The van der Waals surface area contributed by atoms with E-state index < -0.39 is 11.7 Å². The zero-order valence-electron chi connectivity index (χ0n) is 16.0. The van der Waals surface area contributed by atoms with Crippen LogP contribution in [0, 0.1) is 0 Å². The SMILES string of the molecule is O=C(c1ccc2ccccc2n1)N1CC(c2nc(-c3cccc(C(F)(F)F)c3)no2)C1. The number of fused-ring (bicyclic) bond motifs is 1. The number of pyridine rings is 1. The molecule has 0 spiro atoms. The molecule has 0 unspecified atom stereocenters. The quantitative estimate of drug-likeness (QED) is 0.483. The smallest absolute Gasteiger partial charge is 0.339 e. The average Bonchev–Trinajstić information content (AvgIpc) is 3.21. The summed E-state index contributed by atoms with van der Waals surface area (Å²) in [7, 11) is 0. The number of halogens is 3. The van der Waals surface area contributed by atoms with Crippen molar-refractivity contribution >= 4 is 16.8 Å². The molecular weight excluding hydrogens is 409 g/mol. The third kappa shape index (κ3) is 3.63. The summed E-state index contributed by atoms with van der Waals surface area (Å²) in [5.74, 6) is 0.0149. The fourth-order valence-corrected chi connectivity index (χ4v) is 3.50. The van der Waals surface area contributed by atoms with Crippen LogP contribution in [0.3, 0.4) is 0 Å². The summed E-state index contributed by atoms with van der Waals surface area (Å²) in [5, 5.41) is 4.76. The highest BCUT2D eigenvalue weighted by Crippen LogP contribution is 2.33. The zero-order valence-corrected chi connectivity index (χ0v) is 16.0. The normalized spacial score (nSPS) is 14.6. The van der Waals surface area contributed by atoms with Crippen molar-refractivity contribution < 1.29 is 22.5 Å². The third-order valence-corrected chi connectivity index (χ3v) is 5.23. The lowest BCUT2D eigenvalue weighted by Crippen LogP contribution is -2.48. The predicted octanol–water partition coefficient (Wildman–Crippen LogP) is 4.54. The van der Waals surface area contributed by atoms with Crippen LogP contribution in [0.25, 0.3) is 22.3 Å². The molecule has 0 atom stereocenters. The Morgan fingerprint density at radius 1 is 1.00 bits per heavy atom. The molecule has 1 saturated heterocycles. The van der Waals surface area contributed by atoms with Crippen LogP contribution < -0.4 is 0 Å². The molecule has 0 radical (unpaired) electrons. The summed E-state index contributed by atoms with van der Waals surface area (Å²) in [6.45, 7) is 0.745. The van der Waals surface area contributed by atoms with Gasteiger partial charge in [-0.3, -0.25) is 4.79 Å². The van der Waals surface area contributed by atoms with Gasteiger partial charge in [-0.25, -0.2) is 4.98 Å². The van der Waals surface area contributed by atoms with Gasteiger partial charge in [-0.15, -0.1) is 0 Å². The molecule has 0 aliphatic carbocycles. The van der Waals surface area contributed by atoms with E-state index >= 15 is 0 Å². The van der Waals surface area contributed by atoms with Gasteiger partial charge in [0.15, 0.2) is 0 Å². The Hall–Kier alpha value is -3.75. The van der Waals surface area contributed by atoms with Crippen LogP contribution in [0.2, 0.25) is 0 Å². The zero-order chi connectivity index (χ0) is 21.6. The maximum absolute atomic E-state index is 12.9. The first-order valence-electron chi connectivity index (χ1n) is 9.55. The van der Waals surface area contributed by atoms with Crippen molar-refractivity contribution in [1.82, 2.24) is 20.0 Å². The maximum Gasteiger partial charge on any atom is 0.416 e. The summed E-state index contributed by atoms with van der Waals surface area (Å²) < 4.78 is 44.0. The molecule has 2 aromatic carbocycles. The monoisotopic (exact) mass is 424 g/mol. The summed E-state index contributed by atoms with van der Waals surface area (Å²) in [6, 6.07) is 15.8. The molecule has 1 amide bonds. The predicted molar refractivity (Wildman–Crippen MR) is 105 cm³/mol. The van der Waals surface area contributed by atoms with E-state index in [2.05, 4.69) is 15.1 Å². The number of hydrogen-bond donors (Lipinski definition) is 0. The lowest BCUT2D eigenvalue weighted by molar-refractivity contribution is -0.137. The number of aromatic nitrogens is 3. The van der Waals surface area contributed by atoms with Crippen molar-refractivity contribution in [2.24, 2.45) is 0 Å². The van der Waals surface area contributed by atoms with E-state index in [0.717, 1.165) is 23.0 Å². The first-order valence-corrected chi connectivity index (χ1v) is 9.55.